The third-order valence-corrected chi connectivity index (χ3v) is 6.32. The SMILES string of the molecule is Cc1ccccc1Cn1c(NC2CC(C)CC(C)(C)C2)nc2c1c(=O)[nH]c(=O)n2C. The average Bonchev–Trinajstić information content (AvgIpc) is 2.98. The lowest BCUT2D eigenvalue weighted by atomic mass is 9.71. The molecule has 0 spiro atoms. The van der Waals surface area contributed by atoms with Crippen molar-refractivity contribution in [2.24, 2.45) is 18.4 Å². The van der Waals surface area contributed by atoms with Crippen molar-refractivity contribution in [2.75, 3.05) is 5.32 Å². The molecule has 4 rings (SSSR count). The molecule has 2 aromatic heterocycles. The molecule has 0 aliphatic heterocycles. The van der Waals surface area contributed by atoms with E-state index in [1.807, 2.05) is 16.7 Å². The zero-order valence-corrected chi connectivity index (χ0v) is 18.5. The maximum absolute atomic E-state index is 12.8. The second-order valence-electron chi connectivity index (χ2n) is 9.69. The van der Waals surface area contributed by atoms with Crippen LogP contribution in [0.25, 0.3) is 11.2 Å². The van der Waals surface area contributed by atoms with Crippen LogP contribution < -0.4 is 16.6 Å². The average molecular weight is 410 g/mol. The van der Waals surface area contributed by atoms with E-state index >= 15 is 0 Å². The highest BCUT2D eigenvalue weighted by atomic mass is 16.2. The maximum Gasteiger partial charge on any atom is 0.329 e. The number of imidazole rings is 1. The lowest BCUT2D eigenvalue weighted by Crippen LogP contribution is -2.36. The molecule has 0 amide bonds. The van der Waals surface area contributed by atoms with Gasteiger partial charge in [-0.1, -0.05) is 45.0 Å². The molecule has 1 saturated carbocycles. The number of aromatic amines is 1. The first kappa shape index (κ1) is 20.4. The Kier molecular flexibility index (Phi) is 5.08. The van der Waals surface area contributed by atoms with E-state index in [1.165, 1.54) is 11.0 Å². The van der Waals surface area contributed by atoms with Gasteiger partial charge in [-0.3, -0.25) is 18.9 Å². The summed E-state index contributed by atoms with van der Waals surface area (Å²) in [4.78, 5) is 32.0. The number of benzene rings is 1. The number of hydrogen-bond donors (Lipinski definition) is 2. The summed E-state index contributed by atoms with van der Waals surface area (Å²) in [6.45, 7) is 9.48. The van der Waals surface area contributed by atoms with Gasteiger partial charge in [-0.25, -0.2) is 4.79 Å². The van der Waals surface area contributed by atoms with E-state index in [9.17, 15) is 9.59 Å². The van der Waals surface area contributed by atoms with Crippen LogP contribution in [-0.2, 0) is 13.6 Å². The number of anilines is 1. The standard InChI is InChI=1S/C23H31N5O2/c1-14-10-17(12-23(3,4)11-14)24-21-25-19-18(20(29)26-22(30)27(19)5)28(21)13-16-9-7-6-8-15(16)2/h6-9,14,17H,10-13H2,1-5H3,(H,24,25)(H,26,29,30). The van der Waals surface area contributed by atoms with E-state index in [0.717, 1.165) is 24.0 Å². The number of H-pyrrole nitrogens is 1. The third kappa shape index (κ3) is 3.80. The zero-order valence-electron chi connectivity index (χ0n) is 18.5. The van der Waals surface area contributed by atoms with Gasteiger partial charge in [0.05, 0.1) is 6.54 Å². The van der Waals surface area contributed by atoms with Gasteiger partial charge in [-0.15, -0.1) is 0 Å². The number of nitrogens with zero attached hydrogens (tertiary/aromatic N) is 3. The lowest BCUT2D eigenvalue weighted by Gasteiger charge is -2.39. The minimum absolute atomic E-state index is 0.256. The summed E-state index contributed by atoms with van der Waals surface area (Å²) in [6.07, 6.45) is 3.31. The number of hydrogen-bond acceptors (Lipinski definition) is 4. The summed E-state index contributed by atoms with van der Waals surface area (Å²) in [7, 11) is 1.64. The summed E-state index contributed by atoms with van der Waals surface area (Å²) >= 11 is 0. The fraction of sp³-hybridized carbons (Fsp3) is 0.522. The highest BCUT2D eigenvalue weighted by Gasteiger charge is 2.33. The summed E-state index contributed by atoms with van der Waals surface area (Å²) < 4.78 is 3.33. The maximum atomic E-state index is 12.8. The molecule has 1 aliphatic carbocycles. The topological polar surface area (TPSA) is 84.7 Å². The Labute approximate surface area is 176 Å². The van der Waals surface area contributed by atoms with Crippen LogP contribution in [0.5, 0.6) is 0 Å². The molecule has 7 heteroatoms. The molecule has 2 unspecified atom stereocenters. The Morgan fingerprint density at radius 1 is 1.23 bits per heavy atom. The van der Waals surface area contributed by atoms with Crippen LogP contribution in [0, 0.1) is 18.3 Å². The van der Waals surface area contributed by atoms with Crippen LogP contribution in [0.15, 0.2) is 33.9 Å². The summed E-state index contributed by atoms with van der Waals surface area (Å²) in [6, 6.07) is 8.40. The molecular formula is C23H31N5O2. The first-order valence-electron chi connectivity index (χ1n) is 10.7. The molecule has 2 atom stereocenters. The molecule has 3 aromatic rings. The van der Waals surface area contributed by atoms with E-state index < -0.39 is 11.2 Å². The van der Waals surface area contributed by atoms with Crippen LogP contribution in [0.2, 0.25) is 0 Å². The zero-order chi connectivity index (χ0) is 21.6. The van der Waals surface area contributed by atoms with Gasteiger partial charge in [0, 0.05) is 13.1 Å². The van der Waals surface area contributed by atoms with Crippen molar-refractivity contribution < 1.29 is 0 Å². The first-order chi connectivity index (χ1) is 14.1. The van der Waals surface area contributed by atoms with Gasteiger partial charge >= 0.3 is 5.69 Å². The van der Waals surface area contributed by atoms with Crippen LogP contribution in [0.4, 0.5) is 5.95 Å². The molecule has 160 valence electrons. The Hall–Kier alpha value is -2.83. The van der Waals surface area contributed by atoms with Crippen LogP contribution in [0.1, 0.15) is 51.2 Å². The number of aromatic nitrogens is 4. The lowest BCUT2D eigenvalue weighted by molar-refractivity contribution is 0.177. The van der Waals surface area contributed by atoms with E-state index in [4.69, 9.17) is 4.98 Å². The van der Waals surface area contributed by atoms with Crippen LogP contribution in [0.3, 0.4) is 0 Å². The normalized spacial score (nSPS) is 21.1. The summed E-state index contributed by atoms with van der Waals surface area (Å²) in [5.41, 5.74) is 2.50. The van der Waals surface area contributed by atoms with Crippen molar-refractivity contribution in [3.8, 4) is 0 Å². The number of aryl methyl sites for hydroxylation is 2. The highest BCUT2D eigenvalue weighted by molar-refractivity contribution is 5.74. The van der Waals surface area contributed by atoms with Gasteiger partial charge in [0.25, 0.3) is 5.56 Å². The minimum atomic E-state index is -0.452. The third-order valence-electron chi connectivity index (χ3n) is 6.32. The molecule has 2 N–H and O–H groups in total. The molecule has 1 fully saturated rings. The molecular weight excluding hydrogens is 378 g/mol. The molecule has 2 heterocycles. The van der Waals surface area contributed by atoms with Gasteiger partial charge in [0.2, 0.25) is 5.95 Å². The van der Waals surface area contributed by atoms with Crippen molar-refractivity contribution in [2.45, 2.75) is 59.5 Å². The van der Waals surface area contributed by atoms with E-state index in [0.29, 0.717) is 29.6 Å². The van der Waals surface area contributed by atoms with E-state index in [1.54, 1.807) is 7.05 Å². The molecule has 1 aromatic carbocycles. The van der Waals surface area contributed by atoms with Crippen molar-refractivity contribution >= 4 is 17.1 Å². The van der Waals surface area contributed by atoms with Crippen LogP contribution >= 0.6 is 0 Å². The van der Waals surface area contributed by atoms with Gasteiger partial charge in [-0.05, 0) is 48.6 Å². The predicted octanol–water partition coefficient (Wildman–Crippen LogP) is 3.41. The number of rotatable bonds is 4. The smallest absolute Gasteiger partial charge is 0.329 e. The Bertz CT molecular complexity index is 1200. The van der Waals surface area contributed by atoms with Gasteiger partial charge in [-0.2, -0.15) is 4.98 Å². The van der Waals surface area contributed by atoms with Gasteiger partial charge in [0.15, 0.2) is 11.2 Å². The first-order valence-corrected chi connectivity index (χ1v) is 10.7. The van der Waals surface area contributed by atoms with Crippen LogP contribution in [-0.4, -0.2) is 25.1 Å². The highest BCUT2D eigenvalue weighted by Crippen LogP contribution is 2.39. The van der Waals surface area contributed by atoms with Crippen molar-refractivity contribution in [3.05, 3.63) is 56.2 Å². The summed E-state index contributed by atoms with van der Waals surface area (Å²) in [5.74, 6) is 1.27. The Balaban J connectivity index is 1.83. The molecule has 7 nitrogen and oxygen atoms in total. The largest absolute Gasteiger partial charge is 0.353 e. The van der Waals surface area contributed by atoms with Crippen molar-refractivity contribution in [1.82, 2.24) is 19.1 Å². The van der Waals surface area contributed by atoms with Gasteiger partial charge in [0.1, 0.15) is 0 Å². The van der Waals surface area contributed by atoms with E-state index in [2.05, 4.69) is 50.1 Å². The van der Waals surface area contributed by atoms with E-state index in [-0.39, 0.29) is 11.5 Å². The van der Waals surface area contributed by atoms with Crippen molar-refractivity contribution in [3.63, 3.8) is 0 Å². The Morgan fingerprint density at radius 2 is 1.97 bits per heavy atom. The Morgan fingerprint density at radius 3 is 2.67 bits per heavy atom. The second-order valence-corrected chi connectivity index (χ2v) is 9.69. The second kappa shape index (κ2) is 7.45. The fourth-order valence-corrected chi connectivity index (χ4v) is 5.10. The number of nitrogens with one attached hydrogen (secondary N) is 2. The fourth-order valence-electron chi connectivity index (χ4n) is 5.10. The molecule has 0 saturated heterocycles. The molecule has 1 aliphatic rings. The van der Waals surface area contributed by atoms with Gasteiger partial charge < -0.3 is 5.32 Å². The molecule has 0 bridgehead atoms. The predicted molar refractivity (Wildman–Crippen MR) is 120 cm³/mol. The molecule has 0 radical (unpaired) electrons. The summed E-state index contributed by atoms with van der Waals surface area (Å²) in [5, 5.41) is 3.62. The van der Waals surface area contributed by atoms with Crippen molar-refractivity contribution in [1.29, 1.82) is 0 Å². The monoisotopic (exact) mass is 409 g/mol. The molecule has 30 heavy (non-hydrogen) atoms. The minimum Gasteiger partial charge on any atom is -0.353 e. The quantitative estimate of drug-likeness (QED) is 0.692. The number of fused-ring (bicyclic) bond motifs is 1.